The molecule has 0 aromatic carbocycles. The number of hydrogen-bond acceptors (Lipinski definition) is 2. The highest BCUT2D eigenvalue weighted by atomic mass is 16.1. The van der Waals surface area contributed by atoms with E-state index in [0.29, 0.717) is 6.42 Å². The Balaban J connectivity index is 2.78. The Morgan fingerprint density at radius 1 is 1.75 bits per heavy atom. The molecule has 1 atom stereocenters. The average Bonchev–Trinajstić information content (AvgIpc) is 2.51. The molecule has 66 valence electrons. The SMILES string of the molecule is CCn1nccc1C(C)CC=O. The molecular formula is C9H14N2O. The van der Waals surface area contributed by atoms with Crippen LogP contribution in [0.5, 0.6) is 0 Å². The lowest BCUT2D eigenvalue weighted by molar-refractivity contribution is -0.108. The van der Waals surface area contributed by atoms with E-state index >= 15 is 0 Å². The molecule has 0 saturated heterocycles. The molecule has 0 N–H and O–H groups in total. The Morgan fingerprint density at radius 3 is 3.08 bits per heavy atom. The molecule has 0 spiro atoms. The molecule has 0 aliphatic carbocycles. The number of carbonyl (C=O) groups excluding carboxylic acids is 1. The van der Waals surface area contributed by atoms with Gasteiger partial charge in [0, 0.05) is 30.8 Å². The molecule has 3 nitrogen and oxygen atoms in total. The quantitative estimate of drug-likeness (QED) is 0.637. The fraction of sp³-hybridized carbons (Fsp3) is 0.556. The van der Waals surface area contributed by atoms with E-state index in [1.165, 1.54) is 0 Å². The molecule has 1 aromatic rings. The molecule has 0 fully saturated rings. The third-order valence-corrected chi connectivity index (χ3v) is 2.00. The van der Waals surface area contributed by atoms with Gasteiger partial charge in [-0.05, 0) is 13.0 Å². The lowest BCUT2D eigenvalue weighted by atomic mass is 10.1. The molecule has 0 bridgehead atoms. The smallest absolute Gasteiger partial charge is 0.120 e. The van der Waals surface area contributed by atoms with Gasteiger partial charge >= 0.3 is 0 Å². The van der Waals surface area contributed by atoms with E-state index < -0.39 is 0 Å². The van der Waals surface area contributed by atoms with Crippen LogP contribution in [0.2, 0.25) is 0 Å². The summed E-state index contributed by atoms with van der Waals surface area (Å²) in [5.41, 5.74) is 1.14. The van der Waals surface area contributed by atoms with Crippen molar-refractivity contribution in [3.63, 3.8) is 0 Å². The van der Waals surface area contributed by atoms with Crippen LogP contribution >= 0.6 is 0 Å². The first-order valence-corrected chi connectivity index (χ1v) is 4.25. The van der Waals surface area contributed by atoms with Gasteiger partial charge in [0.1, 0.15) is 6.29 Å². The topological polar surface area (TPSA) is 34.9 Å². The number of aryl methyl sites for hydroxylation is 1. The first-order chi connectivity index (χ1) is 5.79. The van der Waals surface area contributed by atoms with Crippen LogP contribution in [0, 0.1) is 0 Å². The van der Waals surface area contributed by atoms with Gasteiger partial charge < -0.3 is 4.79 Å². The van der Waals surface area contributed by atoms with Crippen LogP contribution in [0.15, 0.2) is 12.3 Å². The molecule has 1 unspecified atom stereocenters. The van der Waals surface area contributed by atoms with Crippen LogP contribution in [0.25, 0.3) is 0 Å². The number of hydrogen-bond donors (Lipinski definition) is 0. The van der Waals surface area contributed by atoms with Gasteiger partial charge in [-0.15, -0.1) is 0 Å². The van der Waals surface area contributed by atoms with Gasteiger partial charge in [0.2, 0.25) is 0 Å². The van der Waals surface area contributed by atoms with Crippen LogP contribution in [0.4, 0.5) is 0 Å². The Bertz CT molecular complexity index is 255. The molecule has 0 aliphatic rings. The van der Waals surface area contributed by atoms with Crippen molar-refractivity contribution < 1.29 is 4.79 Å². The summed E-state index contributed by atoms with van der Waals surface area (Å²) in [5, 5.41) is 4.14. The van der Waals surface area contributed by atoms with Crippen molar-refractivity contribution in [2.24, 2.45) is 0 Å². The Morgan fingerprint density at radius 2 is 2.50 bits per heavy atom. The maximum Gasteiger partial charge on any atom is 0.120 e. The summed E-state index contributed by atoms with van der Waals surface area (Å²) < 4.78 is 1.92. The van der Waals surface area contributed by atoms with Gasteiger partial charge in [-0.2, -0.15) is 5.10 Å². The number of carbonyl (C=O) groups is 1. The summed E-state index contributed by atoms with van der Waals surface area (Å²) >= 11 is 0. The zero-order valence-electron chi connectivity index (χ0n) is 7.53. The zero-order chi connectivity index (χ0) is 8.97. The van der Waals surface area contributed by atoms with Crippen LogP contribution in [-0.4, -0.2) is 16.1 Å². The van der Waals surface area contributed by atoms with Gasteiger partial charge in [-0.1, -0.05) is 6.92 Å². The second-order valence-electron chi connectivity index (χ2n) is 2.88. The maximum absolute atomic E-state index is 10.3. The Labute approximate surface area is 72.4 Å². The van der Waals surface area contributed by atoms with Crippen LogP contribution in [-0.2, 0) is 11.3 Å². The monoisotopic (exact) mass is 166 g/mol. The average molecular weight is 166 g/mol. The summed E-state index contributed by atoms with van der Waals surface area (Å²) in [6.45, 7) is 4.95. The molecule has 0 aliphatic heterocycles. The van der Waals surface area contributed by atoms with Crippen molar-refractivity contribution in [1.29, 1.82) is 0 Å². The molecule has 0 amide bonds. The number of nitrogens with zero attached hydrogens (tertiary/aromatic N) is 2. The Hall–Kier alpha value is -1.12. The highest BCUT2D eigenvalue weighted by Crippen LogP contribution is 2.16. The molecule has 0 radical (unpaired) electrons. The fourth-order valence-electron chi connectivity index (χ4n) is 1.29. The summed E-state index contributed by atoms with van der Waals surface area (Å²) in [4.78, 5) is 10.3. The first kappa shape index (κ1) is 8.97. The largest absolute Gasteiger partial charge is 0.303 e. The van der Waals surface area contributed by atoms with Gasteiger partial charge in [0.25, 0.3) is 0 Å². The van der Waals surface area contributed by atoms with Gasteiger partial charge in [-0.25, -0.2) is 0 Å². The zero-order valence-corrected chi connectivity index (χ0v) is 7.53. The van der Waals surface area contributed by atoms with E-state index in [-0.39, 0.29) is 5.92 Å². The molecule has 3 heteroatoms. The van der Waals surface area contributed by atoms with Crippen molar-refractivity contribution in [2.45, 2.75) is 32.7 Å². The third kappa shape index (κ3) is 1.72. The molecule has 12 heavy (non-hydrogen) atoms. The van der Waals surface area contributed by atoms with Crippen molar-refractivity contribution in [2.75, 3.05) is 0 Å². The van der Waals surface area contributed by atoms with Crippen molar-refractivity contribution >= 4 is 6.29 Å². The van der Waals surface area contributed by atoms with Crippen molar-refractivity contribution in [3.8, 4) is 0 Å². The minimum Gasteiger partial charge on any atom is -0.303 e. The van der Waals surface area contributed by atoms with Crippen molar-refractivity contribution in [1.82, 2.24) is 9.78 Å². The highest BCUT2D eigenvalue weighted by Gasteiger charge is 2.08. The predicted molar refractivity (Wildman–Crippen MR) is 47.0 cm³/mol. The standard InChI is InChI=1S/C9H14N2O/c1-3-11-9(4-6-10-11)8(2)5-7-12/h4,6-8H,3,5H2,1-2H3. The minimum absolute atomic E-state index is 0.282. The van der Waals surface area contributed by atoms with E-state index in [0.717, 1.165) is 18.5 Å². The van der Waals surface area contributed by atoms with E-state index in [9.17, 15) is 4.79 Å². The Kier molecular flexibility index (Phi) is 3.02. The summed E-state index contributed by atoms with van der Waals surface area (Å²) in [6, 6.07) is 1.97. The predicted octanol–water partition coefficient (Wildman–Crippen LogP) is 1.60. The summed E-state index contributed by atoms with van der Waals surface area (Å²) in [5.74, 6) is 0.282. The number of aromatic nitrogens is 2. The molecular weight excluding hydrogens is 152 g/mol. The van der Waals surface area contributed by atoms with E-state index in [4.69, 9.17) is 0 Å². The van der Waals surface area contributed by atoms with Gasteiger partial charge in [0.15, 0.2) is 0 Å². The molecule has 0 saturated carbocycles. The van der Waals surface area contributed by atoms with E-state index in [2.05, 4.69) is 5.10 Å². The second-order valence-corrected chi connectivity index (χ2v) is 2.88. The van der Waals surface area contributed by atoms with Crippen molar-refractivity contribution in [3.05, 3.63) is 18.0 Å². The minimum atomic E-state index is 0.282. The summed E-state index contributed by atoms with van der Waals surface area (Å²) in [6.07, 6.45) is 3.31. The first-order valence-electron chi connectivity index (χ1n) is 4.25. The third-order valence-electron chi connectivity index (χ3n) is 2.00. The van der Waals surface area contributed by atoms with Crippen LogP contribution < -0.4 is 0 Å². The normalized spacial score (nSPS) is 12.8. The van der Waals surface area contributed by atoms with Crippen LogP contribution in [0.3, 0.4) is 0 Å². The van der Waals surface area contributed by atoms with Gasteiger partial charge in [0.05, 0.1) is 0 Å². The molecule has 1 aromatic heterocycles. The van der Waals surface area contributed by atoms with Crippen LogP contribution in [0.1, 0.15) is 31.9 Å². The number of aldehydes is 1. The maximum atomic E-state index is 10.3. The lowest BCUT2D eigenvalue weighted by Gasteiger charge is -2.09. The lowest BCUT2D eigenvalue weighted by Crippen LogP contribution is -2.06. The van der Waals surface area contributed by atoms with E-state index in [1.54, 1.807) is 6.20 Å². The number of rotatable bonds is 4. The van der Waals surface area contributed by atoms with E-state index in [1.807, 2.05) is 24.6 Å². The molecule has 1 rings (SSSR count). The molecule has 1 heterocycles. The van der Waals surface area contributed by atoms with Gasteiger partial charge in [-0.3, -0.25) is 4.68 Å². The fourth-order valence-corrected chi connectivity index (χ4v) is 1.29. The second kappa shape index (κ2) is 4.04. The highest BCUT2D eigenvalue weighted by molar-refractivity contribution is 5.51. The summed E-state index contributed by atoms with van der Waals surface area (Å²) in [7, 11) is 0.